The normalized spacial score (nSPS) is 12.3. The Kier molecular flexibility index (Phi) is 6.07. The Hall–Kier alpha value is -3.83. The summed E-state index contributed by atoms with van der Waals surface area (Å²) in [7, 11) is 1.67. The van der Waals surface area contributed by atoms with Crippen LogP contribution >= 0.6 is 0 Å². The van der Waals surface area contributed by atoms with Crippen molar-refractivity contribution in [3.05, 3.63) is 53.7 Å². The molecule has 7 nitrogen and oxygen atoms in total. The first kappa shape index (κ1) is 22.4. The molecule has 1 amide bonds. The SMILES string of the molecule is COc1ccc(Nc2ncc3c(n2)-c2ccc(C#C[Si](C)(C)C)cc2NC(=O)C3)cc1OC. The topological polar surface area (TPSA) is 85.4 Å². The number of nitrogens with one attached hydrogen (secondary N) is 2. The van der Waals surface area contributed by atoms with Gasteiger partial charge in [0.15, 0.2) is 11.5 Å². The molecule has 8 heteroatoms. The van der Waals surface area contributed by atoms with Gasteiger partial charge in [-0.25, -0.2) is 9.97 Å². The monoisotopic (exact) mass is 458 g/mol. The number of ether oxygens (including phenoxy) is 2. The van der Waals surface area contributed by atoms with Gasteiger partial charge < -0.3 is 20.1 Å². The van der Waals surface area contributed by atoms with Crippen molar-refractivity contribution < 1.29 is 14.3 Å². The summed E-state index contributed by atoms with van der Waals surface area (Å²) in [6.45, 7) is 6.60. The molecule has 168 valence electrons. The summed E-state index contributed by atoms with van der Waals surface area (Å²) < 4.78 is 10.7. The van der Waals surface area contributed by atoms with Crippen LogP contribution in [0.2, 0.25) is 19.6 Å². The molecule has 0 bridgehead atoms. The lowest BCUT2D eigenvalue weighted by Crippen LogP contribution is -2.16. The van der Waals surface area contributed by atoms with Crippen molar-refractivity contribution in [2.24, 2.45) is 0 Å². The highest BCUT2D eigenvalue weighted by Gasteiger charge is 2.21. The van der Waals surface area contributed by atoms with E-state index >= 15 is 0 Å². The van der Waals surface area contributed by atoms with Gasteiger partial charge in [0, 0.05) is 34.6 Å². The van der Waals surface area contributed by atoms with E-state index in [2.05, 4.69) is 46.7 Å². The van der Waals surface area contributed by atoms with Gasteiger partial charge in [0.1, 0.15) is 8.07 Å². The van der Waals surface area contributed by atoms with E-state index in [0.717, 1.165) is 22.4 Å². The van der Waals surface area contributed by atoms with Crippen molar-refractivity contribution in [3.63, 3.8) is 0 Å². The summed E-state index contributed by atoms with van der Waals surface area (Å²) in [6, 6.07) is 11.3. The van der Waals surface area contributed by atoms with E-state index < -0.39 is 8.07 Å². The van der Waals surface area contributed by atoms with Crippen molar-refractivity contribution in [1.82, 2.24) is 9.97 Å². The maximum atomic E-state index is 12.5. The summed E-state index contributed by atoms with van der Waals surface area (Å²) in [5.41, 5.74) is 8.02. The van der Waals surface area contributed by atoms with Crippen LogP contribution in [0.5, 0.6) is 11.5 Å². The number of amides is 1. The number of nitrogens with zero attached hydrogens (tertiary/aromatic N) is 2. The van der Waals surface area contributed by atoms with Gasteiger partial charge in [-0.15, -0.1) is 5.54 Å². The van der Waals surface area contributed by atoms with E-state index in [1.165, 1.54) is 0 Å². The molecule has 1 aromatic heterocycles. The molecule has 33 heavy (non-hydrogen) atoms. The van der Waals surface area contributed by atoms with Crippen molar-refractivity contribution in [3.8, 4) is 34.2 Å². The minimum atomic E-state index is -1.51. The van der Waals surface area contributed by atoms with Gasteiger partial charge in [0.25, 0.3) is 0 Å². The lowest BCUT2D eigenvalue weighted by atomic mass is 10.0. The molecule has 0 saturated heterocycles. The smallest absolute Gasteiger partial charge is 0.228 e. The summed E-state index contributed by atoms with van der Waals surface area (Å²) in [5, 5.41) is 6.20. The fourth-order valence-electron chi connectivity index (χ4n) is 3.43. The van der Waals surface area contributed by atoms with E-state index in [-0.39, 0.29) is 12.3 Å². The summed E-state index contributed by atoms with van der Waals surface area (Å²) in [4.78, 5) is 21.7. The molecule has 0 radical (unpaired) electrons. The van der Waals surface area contributed by atoms with Crippen LogP contribution in [0, 0.1) is 11.5 Å². The lowest BCUT2D eigenvalue weighted by molar-refractivity contribution is -0.115. The highest BCUT2D eigenvalue weighted by atomic mass is 28.3. The first-order chi connectivity index (χ1) is 15.8. The standard InChI is InChI=1S/C25H26N4O3Si/c1-31-21-9-7-18(14-22(21)32-2)27-25-26-15-17-13-23(30)28-20-12-16(10-11-33(3,4)5)6-8-19(20)24(17)29-25/h6-9,12,14-15H,13H2,1-5H3,(H,28,30)(H,26,27,29). The summed E-state index contributed by atoms with van der Waals surface area (Å²) >= 11 is 0. The number of hydrogen-bond donors (Lipinski definition) is 2. The van der Waals surface area contributed by atoms with Gasteiger partial charge in [-0.1, -0.05) is 25.6 Å². The number of aromatic nitrogens is 2. The van der Waals surface area contributed by atoms with Crippen LogP contribution in [0.15, 0.2) is 42.6 Å². The van der Waals surface area contributed by atoms with E-state index in [1.54, 1.807) is 20.4 Å². The molecule has 0 atom stereocenters. The van der Waals surface area contributed by atoms with Gasteiger partial charge in [0.05, 0.1) is 32.0 Å². The molecule has 0 unspecified atom stereocenters. The van der Waals surface area contributed by atoms with E-state index in [9.17, 15) is 4.79 Å². The Morgan fingerprint density at radius 2 is 1.85 bits per heavy atom. The molecule has 3 aromatic rings. The zero-order valence-corrected chi connectivity index (χ0v) is 20.4. The lowest BCUT2D eigenvalue weighted by Gasteiger charge is -2.12. The number of hydrogen-bond acceptors (Lipinski definition) is 6. The summed E-state index contributed by atoms with van der Waals surface area (Å²) in [6.07, 6.45) is 1.90. The molecular weight excluding hydrogens is 432 g/mol. The molecule has 1 aliphatic rings. The predicted octanol–water partition coefficient (Wildman–Crippen LogP) is 4.63. The Bertz CT molecular complexity index is 1290. The van der Waals surface area contributed by atoms with E-state index in [1.807, 2.05) is 36.4 Å². The van der Waals surface area contributed by atoms with Crippen molar-refractivity contribution in [1.29, 1.82) is 0 Å². The first-order valence-corrected chi connectivity index (χ1v) is 14.1. The third-order valence-electron chi connectivity index (χ3n) is 4.99. The maximum absolute atomic E-state index is 12.5. The molecule has 1 aliphatic heterocycles. The average Bonchev–Trinajstić information content (AvgIpc) is 2.91. The number of benzene rings is 2. The Morgan fingerprint density at radius 1 is 1.06 bits per heavy atom. The molecule has 2 N–H and O–H groups in total. The van der Waals surface area contributed by atoms with Gasteiger partial charge in [0.2, 0.25) is 11.9 Å². The van der Waals surface area contributed by atoms with Crippen LogP contribution in [-0.4, -0.2) is 38.2 Å². The first-order valence-electron chi connectivity index (χ1n) is 10.6. The largest absolute Gasteiger partial charge is 0.493 e. The molecule has 0 aliphatic carbocycles. The highest BCUT2D eigenvalue weighted by molar-refractivity contribution is 6.83. The molecule has 4 rings (SSSR count). The molecule has 0 fully saturated rings. The fraction of sp³-hybridized carbons (Fsp3) is 0.240. The number of methoxy groups -OCH3 is 2. The minimum absolute atomic E-state index is 0.102. The number of rotatable bonds is 4. The zero-order chi connectivity index (χ0) is 23.6. The van der Waals surface area contributed by atoms with Crippen molar-refractivity contribution >= 4 is 31.3 Å². The van der Waals surface area contributed by atoms with Crippen molar-refractivity contribution in [2.45, 2.75) is 26.1 Å². The number of carbonyl (C=O) groups excluding carboxylic acids is 1. The number of carbonyl (C=O) groups is 1. The van der Waals surface area contributed by atoms with Crippen LogP contribution in [0.4, 0.5) is 17.3 Å². The van der Waals surface area contributed by atoms with Gasteiger partial charge in [-0.2, -0.15) is 0 Å². The fourth-order valence-corrected chi connectivity index (χ4v) is 3.95. The molecular formula is C25H26N4O3Si. The molecule has 0 spiro atoms. The van der Waals surface area contributed by atoms with E-state index in [0.29, 0.717) is 28.8 Å². The van der Waals surface area contributed by atoms with E-state index in [4.69, 9.17) is 14.5 Å². The Balaban J connectivity index is 1.71. The van der Waals surface area contributed by atoms with Gasteiger partial charge in [-0.05, 0) is 30.3 Å². The van der Waals surface area contributed by atoms with Gasteiger partial charge in [-0.3, -0.25) is 4.79 Å². The number of fused-ring (bicyclic) bond motifs is 3. The minimum Gasteiger partial charge on any atom is -0.493 e. The van der Waals surface area contributed by atoms with Crippen LogP contribution in [0.1, 0.15) is 11.1 Å². The van der Waals surface area contributed by atoms with Crippen LogP contribution in [0.25, 0.3) is 11.3 Å². The van der Waals surface area contributed by atoms with Crippen LogP contribution in [0.3, 0.4) is 0 Å². The molecule has 0 saturated carbocycles. The Labute approximate surface area is 194 Å². The molecule has 2 aromatic carbocycles. The van der Waals surface area contributed by atoms with Crippen molar-refractivity contribution in [2.75, 3.05) is 24.9 Å². The second-order valence-corrected chi connectivity index (χ2v) is 13.5. The highest BCUT2D eigenvalue weighted by Crippen LogP contribution is 2.35. The second kappa shape index (κ2) is 8.96. The second-order valence-electron chi connectivity index (χ2n) is 8.75. The summed E-state index contributed by atoms with van der Waals surface area (Å²) in [5.74, 6) is 4.81. The zero-order valence-electron chi connectivity index (χ0n) is 19.4. The molecule has 2 heterocycles. The quantitative estimate of drug-likeness (QED) is 0.438. The van der Waals surface area contributed by atoms with Crippen LogP contribution < -0.4 is 20.1 Å². The number of anilines is 3. The third-order valence-corrected chi connectivity index (χ3v) is 5.86. The maximum Gasteiger partial charge on any atom is 0.228 e. The third kappa shape index (κ3) is 5.15. The average molecular weight is 459 g/mol. The Morgan fingerprint density at radius 3 is 2.58 bits per heavy atom. The van der Waals surface area contributed by atoms with Crippen LogP contribution in [-0.2, 0) is 11.2 Å². The van der Waals surface area contributed by atoms with Gasteiger partial charge >= 0.3 is 0 Å². The predicted molar refractivity (Wildman–Crippen MR) is 133 cm³/mol.